The lowest BCUT2D eigenvalue weighted by molar-refractivity contribution is -0.384. The standard InChI is InChI=1S/C18H14F3N3O3/c1-11-8-16(12-4-2-5-13(9-12)18(19,20)21)17(25)23(22-11)14-6-3-7-15(10-14)24(26)27/h2-7,9-10,16H,8H2,1H3. The highest BCUT2D eigenvalue weighted by Crippen LogP contribution is 2.35. The van der Waals surface area contributed by atoms with Crippen LogP contribution in [0.3, 0.4) is 0 Å². The molecule has 9 heteroatoms. The normalized spacial score (nSPS) is 17.6. The number of hydrazone groups is 1. The number of rotatable bonds is 3. The number of alkyl halides is 3. The van der Waals surface area contributed by atoms with Gasteiger partial charge in [-0.15, -0.1) is 0 Å². The molecule has 1 atom stereocenters. The fourth-order valence-electron chi connectivity index (χ4n) is 2.91. The van der Waals surface area contributed by atoms with Crippen molar-refractivity contribution in [2.45, 2.75) is 25.4 Å². The van der Waals surface area contributed by atoms with E-state index in [2.05, 4.69) is 5.10 Å². The van der Waals surface area contributed by atoms with Crippen molar-refractivity contribution >= 4 is 23.0 Å². The van der Waals surface area contributed by atoms with E-state index < -0.39 is 28.5 Å². The van der Waals surface area contributed by atoms with E-state index in [0.29, 0.717) is 5.71 Å². The highest BCUT2D eigenvalue weighted by atomic mass is 19.4. The number of anilines is 1. The molecule has 1 aliphatic rings. The van der Waals surface area contributed by atoms with Crippen LogP contribution in [0.2, 0.25) is 0 Å². The van der Waals surface area contributed by atoms with E-state index in [1.54, 1.807) is 6.92 Å². The molecule has 140 valence electrons. The minimum absolute atomic E-state index is 0.172. The Labute approximate surface area is 152 Å². The summed E-state index contributed by atoms with van der Waals surface area (Å²) < 4.78 is 39.0. The number of nitro groups is 1. The third kappa shape index (κ3) is 3.81. The Bertz CT molecular complexity index is 941. The molecule has 1 aliphatic heterocycles. The molecule has 0 saturated carbocycles. The average Bonchev–Trinajstić information content (AvgIpc) is 2.63. The van der Waals surface area contributed by atoms with E-state index in [1.807, 2.05) is 0 Å². The van der Waals surface area contributed by atoms with Gasteiger partial charge in [-0.05, 0) is 24.6 Å². The molecule has 2 aromatic rings. The zero-order valence-electron chi connectivity index (χ0n) is 14.1. The number of halogens is 3. The summed E-state index contributed by atoms with van der Waals surface area (Å²) in [5.74, 6) is -1.40. The zero-order valence-corrected chi connectivity index (χ0v) is 14.1. The van der Waals surface area contributed by atoms with Crippen molar-refractivity contribution in [1.29, 1.82) is 0 Å². The minimum Gasteiger partial charge on any atom is -0.272 e. The molecule has 0 aromatic heterocycles. The van der Waals surface area contributed by atoms with E-state index in [9.17, 15) is 28.1 Å². The second-order valence-electron chi connectivity index (χ2n) is 6.14. The molecule has 1 heterocycles. The molecule has 27 heavy (non-hydrogen) atoms. The van der Waals surface area contributed by atoms with Gasteiger partial charge in [0.05, 0.1) is 22.1 Å². The number of non-ortho nitro benzene ring substituents is 1. The van der Waals surface area contributed by atoms with Crippen LogP contribution in [0.15, 0.2) is 53.6 Å². The highest BCUT2D eigenvalue weighted by Gasteiger charge is 2.35. The van der Waals surface area contributed by atoms with Gasteiger partial charge in [-0.25, -0.2) is 5.01 Å². The number of carbonyl (C=O) groups excluding carboxylic acids is 1. The van der Waals surface area contributed by atoms with Crippen molar-refractivity contribution in [3.8, 4) is 0 Å². The van der Waals surface area contributed by atoms with Crippen LogP contribution in [0.5, 0.6) is 0 Å². The molecule has 0 saturated heterocycles. The van der Waals surface area contributed by atoms with Crippen LogP contribution in [0.4, 0.5) is 24.5 Å². The Kier molecular flexibility index (Phi) is 4.69. The van der Waals surface area contributed by atoms with Gasteiger partial charge in [0.15, 0.2) is 0 Å². The molecular weight excluding hydrogens is 363 g/mol. The minimum atomic E-state index is -4.52. The summed E-state index contributed by atoms with van der Waals surface area (Å²) in [7, 11) is 0. The lowest BCUT2D eigenvalue weighted by atomic mass is 9.90. The number of nitro benzene ring substituents is 1. The Morgan fingerprint density at radius 1 is 1.19 bits per heavy atom. The largest absolute Gasteiger partial charge is 0.416 e. The third-order valence-corrected chi connectivity index (χ3v) is 4.18. The van der Waals surface area contributed by atoms with Gasteiger partial charge < -0.3 is 0 Å². The second-order valence-corrected chi connectivity index (χ2v) is 6.14. The van der Waals surface area contributed by atoms with Gasteiger partial charge in [0, 0.05) is 24.3 Å². The summed E-state index contributed by atoms with van der Waals surface area (Å²) in [6.07, 6.45) is -4.35. The van der Waals surface area contributed by atoms with Crippen LogP contribution in [0.25, 0.3) is 0 Å². The van der Waals surface area contributed by atoms with Gasteiger partial charge >= 0.3 is 6.18 Å². The van der Waals surface area contributed by atoms with Crippen LogP contribution in [0.1, 0.15) is 30.4 Å². The molecule has 0 fully saturated rings. The molecule has 1 unspecified atom stereocenters. The van der Waals surface area contributed by atoms with Gasteiger partial charge in [0.25, 0.3) is 11.6 Å². The van der Waals surface area contributed by atoms with Crippen LogP contribution in [-0.4, -0.2) is 16.5 Å². The summed E-state index contributed by atoms with van der Waals surface area (Å²) in [5, 5.41) is 16.1. The fourth-order valence-corrected chi connectivity index (χ4v) is 2.91. The predicted octanol–water partition coefficient (Wildman–Crippen LogP) is 4.51. The van der Waals surface area contributed by atoms with Crippen molar-refractivity contribution in [3.05, 3.63) is 69.8 Å². The van der Waals surface area contributed by atoms with Crippen LogP contribution in [-0.2, 0) is 11.0 Å². The molecule has 2 aromatic carbocycles. The first-order chi connectivity index (χ1) is 12.7. The Morgan fingerprint density at radius 3 is 2.56 bits per heavy atom. The Morgan fingerprint density at radius 2 is 1.89 bits per heavy atom. The quantitative estimate of drug-likeness (QED) is 0.583. The van der Waals surface area contributed by atoms with Gasteiger partial charge in [-0.3, -0.25) is 14.9 Å². The zero-order chi connectivity index (χ0) is 19.8. The lowest BCUT2D eigenvalue weighted by Gasteiger charge is -2.29. The first-order valence-electron chi connectivity index (χ1n) is 7.96. The number of hydrogen-bond acceptors (Lipinski definition) is 4. The maximum atomic E-state index is 13.0. The van der Waals surface area contributed by atoms with Crippen molar-refractivity contribution in [2.75, 3.05) is 5.01 Å². The van der Waals surface area contributed by atoms with E-state index in [1.165, 1.54) is 36.4 Å². The summed E-state index contributed by atoms with van der Waals surface area (Å²) in [4.78, 5) is 23.2. The average molecular weight is 377 g/mol. The SMILES string of the molecule is CC1=NN(c2cccc([N+](=O)[O-])c2)C(=O)C(c2cccc(C(F)(F)F)c2)C1. The summed E-state index contributed by atoms with van der Waals surface area (Å²) in [5.41, 5.74) is -0.113. The Hall–Kier alpha value is -3.23. The van der Waals surface area contributed by atoms with Crippen LogP contribution >= 0.6 is 0 Å². The molecule has 0 aliphatic carbocycles. The lowest BCUT2D eigenvalue weighted by Crippen LogP contribution is -2.37. The summed E-state index contributed by atoms with van der Waals surface area (Å²) >= 11 is 0. The summed E-state index contributed by atoms with van der Waals surface area (Å²) in [6, 6.07) is 9.98. The predicted molar refractivity (Wildman–Crippen MR) is 92.5 cm³/mol. The van der Waals surface area contributed by atoms with Gasteiger partial charge in [-0.2, -0.15) is 18.3 Å². The number of hydrogen-bond donors (Lipinski definition) is 0. The van der Waals surface area contributed by atoms with Crippen LogP contribution in [0, 0.1) is 10.1 Å². The van der Waals surface area contributed by atoms with E-state index in [-0.39, 0.29) is 23.4 Å². The molecule has 1 amide bonds. The fraction of sp³-hybridized carbons (Fsp3) is 0.222. The van der Waals surface area contributed by atoms with E-state index >= 15 is 0 Å². The molecular formula is C18H14F3N3O3. The van der Waals surface area contributed by atoms with Crippen molar-refractivity contribution in [1.82, 2.24) is 0 Å². The third-order valence-electron chi connectivity index (χ3n) is 4.18. The molecule has 0 radical (unpaired) electrons. The van der Waals surface area contributed by atoms with E-state index in [4.69, 9.17) is 0 Å². The second kappa shape index (κ2) is 6.82. The monoisotopic (exact) mass is 377 g/mol. The highest BCUT2D eigenvalue weighted by molar-refractivity contribution is 6.05. The van der Waals surface area contributed by atoms with Gasteiger partial charge in [0.2, 0.25) is 0 Å². The smallest absolute Gasteiger partial charge is 0.272 e. The van der Waals surface area contributed by atoms with Gasteiger partial charge in [-0.1, -0.05) is 24.3 Å². The van der Waals surface area contributed by atoms with E-state index in [0.717, 1.165) is 17.1 Å². The number of carbonyl (C=O) groups is 1. The molecule has 0 N–H and O–H groups in total. The molecule has 0 bridgehead atoms. The first-order valence-corrected chi connectivity index (χ1v) is 7.96. The van der Waals surface area contributed by atoms with Crippen molar-refractivity contribution < 1.29 is 22.9 Å². The maximum Gasteiger partial charge on any atom is 0.416 e. The van der Waals surface area contributed by atoms with Crippen molar-refractivity contribution in [2.24, 2.45) is 5.10 Å². The Balaban J connectivity index is 1.99. The summed E-state index contributed by atoms with van der Waals surface area (Å²) in [6.45, 7) is 1.65. The van der Waals surface area contributed by atoms with Crippen molar-refractivity contribution in [3.63, 3.8) is 0 Å². The maximum absolute atomic E-state index is 13.0. The number of nitrogens with zero attached hydrogens (tertiary/aromatic N) is 3. The van der Waals surface area contributed by atoms with Crippen LogP contribution < -0.4 is 5.01 Å². The topological polar surface area (TPSA) is 75.8 Å². The molecule has 3 rings (SSSR count). The number of amides is 1. The molecule has 6 nitrogen and oxygen atoms in total. The van der Waals surface area contributed by atoms with Gasteiger partial charge in [0.1, 0.15) is 0 Å². The first kappa shape index (κ1) is 18.6. The molecule has 0 spiro atoms. The number of benzene rings is 2.